The van der Waals surface area contributed by atoms with Gasteiger partial charge in [-0.25, -0.2) is 8.42 Å². The Labute approximate surface area is 171 Å². The number of aliphatic hydroxyl groups excluding tert-OH is 1. The van der Waals surface area contributed by atoms with Gasteiger partial charge >= 0.3 is 0 Å². The number of hydrogen-bond donors (Lipinski definition) is 2. The molecule has 0 radical (unpaired) electrons. The summed E-state index contributed by atoms with van der Waals surface area (Å²) in [5.74, 6) is 0.104. The molecule has 0 aromatic heterocycles. The van der Waals surface area contributed by atoms with Gasteiger partial charge < -0.3 is 15.1 Å². The van der Waals surface area contributed by atoms with Crippen LogP contribution in [0.4, 0.5) is 0 Å². The summed E-state index contributed by atoms with van der Waals surface area (Å²) in [4.78, 5) is 16.5. The molecule has 0 aliphatic carbocycles. The Morgan fingerprint density at radius 1 is 1.07 bits per heavy atom. The fraction of sp³-hybridized carbons (Fsp3) is 0.650. The summed E-state index contributed by atoms with van der Waals surface area (Å²) in [6.45, 7) is 2.57. The molecule has 8 nitrogen and oxygen atoms in total. The molecule has 9 heteroatoms. The second-order valence-electron chi connectivity index (χ2n) is 8.51. The molecule has 3 aliphatic rings. The highest BCUT2D eigenvalue weighted by Gasteiger charge is 2.51. The van der Waals surface area contributed by atoms with E-state index in [2.05, 4.69) is 0 Å². The molecular formula is C20H29N3O5S. The van der Waals surface area contributed by atoms with Crippen molar-refractivity contribution in [3.8, 4) is 0 Å². The number of amides is 1. The summed E-state index contributed by atoms with van der Waals surface area (Å²) in [6.07, 6.45) is 2.12. The summed E-state index contributed by atoms with van der Waals surface area (Å²) < 4.78 is 26.7. The lowest BCUT2D eigenvalue weighted by atomic mass is 9.92. The number of benzene rings is 1. The summed E-state index contributed by atoms with van der Waals surface area (Å²) in [5, 5.41) is 21.4. The highest BCUT2D eigenvalue weighted by atomic mass is 32.2. The van der Waals surface area contributed by atoms with Crippen LogP contribution in [-0.4, -0.2) is 96.2 Å². The van der Waals surface area contributed by atoms with E-state index in [9.17, 15) is 23.4 Å². The van der Waals surface area contributed by atoms with Crippen LogP contribution in [0.3, 0.4) is 0 Å². The number of likely N-dealkylation sites (tertiary alicyclic amines) is 2. The zero-order valence-corrected chi connectivity index (χ0v) is 17.3. The molecule has 29 heavy (non-hydrogen) atoms. The highest BCUT2D eigenvalue weighted by molar-refractivity contribution is 7.89. The molecule has 2 atom stereocenters. The van der Waals surface area contributed by atoms with Crippen molar-refractivity contribution in [3.05, 3.63) is 30.3 Å². The Kier molecular flexibility index (Phi) is 5.69. The van der Waals surface area contributed by atoms with Crippen molar-refractivity contribution in [3.63, 3.8) is 0 Å². The molecule has 1 aromatic rings. The van der Waals surface area contributed by atoms with Crippen LogP contribution in [0.1, 0.15) is 19.3 Å². The van der Waals surface area contributed by atoms with E-state index in [0.29, 0.717) is 13.1 Å². The predicted molar refractivity (Wildman–Crippen MR) is 107 cm³/mol. The topological polar surface area (TPSA) is 101 Å². The monoisotopic (exact) mass is 423 g/mol. The number of aliphatic hydroxyl groups is 2. The van der Waals surface area contributed by atoms with Gasteiger partial charge in [-0.3, -0.25) is 9.69 Å². The lowest BCUT2D eigenvalue weighted by Gasteiger charge is -2.44. The molecule has 160 valence electrons. The Bertz CT molecular complexity index is 837. The van der Waals surface area contributed by atoms with E-state index in [0.717, 1.165) is 30.2 Å². The average molecular weight is 424 g/mol. The summed E-state index contributed by atoms with van der Waals surface area (Å²) in [5.41, 5.74) is -1.54. The van der Waals surface area contributed by atoms with Crippen LogP contribution in [0.2, 0.25) is 0 Å². The van der Waals surface area contributed by atoms with Crippen LogP contribution in [-0.2, 0) is 14.8 Å². The molecule has 2 N–H and O–H groups in total. The number of piperidine rings is 1. The van der Waals surface area contributed by atoms with Crippen molar-refractivity contribution in [2.75, 3.05) is 45.8 Å². The average Bonchev–Trinajstić information content (AvgIpc) is 3.01. The minimum atomic E-state index is -3.77. The number of sulfonamides is 1. The van der Waals surface area contributed by atoms with Gasteiger partial charge in [-0.05, 0) is 31.4 Å². The van der Waals surface area contributed by atoms with Gasteiger partial charge in [-0.15, -0.1) is 0 Å². The predicted octanol–water partition coefficient (Wildman–Crippen LogP) is -0.273. The van der Waals surface area contributed by atoms with Crippen LogP contribution in [0.5, 0.6) is 0 Å². The number of nitrogens with zero attached hydrogens (tertiary/aromatic N) is 3. The van der Waals surface area contributed by atoms with Gasteiger partial charge in [0.05, 0.1) is 16.9 Å². The number of β-amino-alcohol motifs (C(OH)–C–C–N with tert-alkyl or cyclic N) is 2. The van der Waals surface area contributed by atoms with Crippen molar-refractivity contribution in [1.82, 2.24) is 14.1 Å². The van der Waals surface area contributed by atoms with Gasteiger partial charge in [-0.2, -0.15) is 4.31 Å². The Morgan fingerprint density at radius 2 is 1.72 bits per heavy atom. The highest BCUT2D eigenvalue weighted by Crippen LogP contribution is 2.31. The molecule has 0 bridgehead atoms. The van der Waals surface area contributed by atoms with E-state index < -0.39 is 21.7 Å². The Balaban J connectivity index is 1.34. The van der Waals surface area contributed by atoms with Crippen molar-refractivity contribution in [1.29, 1.82) is 0 Å². The van der Waals surface area contributed by atoms with E-state index in [1.807, 2.05) is 9.80 Å². The van der Waals surface area contributed by atoms with E-state index in [1.165, 1.54) is 18.6 Å². The normalized spacial score (nSPS) is 29.7. The smallest absolute Gasteiger partial charge is 0.243 e. The van der Waals surface area contributed by atoms with Crippen molar-refractivity contribution >= 4 is 15.9 Å². The maximum absolute atomic E-state index is 12.8. The van der Waals surface area contributed by atoms with Crippen LogP contribution in [0, 0.1) is 5.92 Å². The van der Waals surface area contributed by atoms with Crippen molar-refractivity contribution in [2.45, 2.75) is 35.9 Å². The molecule has 3 aliphatic heterocycles. The molecule has 4 rings (SSSR count). The first-order chi connectivity index (χ1) is 13.8. The van der Waals surface area contributed by atoms with Crippen molar-refractivity contribution in [2.24, 2.45) is 5.92 Å². The Morgan fingerprint density at radius 3 is 2.38 bits per heavy atom. The van der Waals surface area contributed by atoms with Crippen LogP contribution in [0.15, 0.2) is 35.2 Å². The third-order valence-corrected chi connectivity index (χ3v) is 8.13. The van der Waals surface area contributed by atoms with Gasteiger partial charge in [0.1, 0.15) is 5.60 Å². The Hall–Kier alpha value is -1.52. The summed E-state index contributed by atoms with van der Waals surface area (Å²) in [6, 6.07) is 8.03. The number of carbonyl (C=O) groups is 1. The molecule has 3 saturated heterocycles. The van der Waals surface area contributed by atoms with Crippen LogP contribution < -0.4 is 0 Å². The zero-order chi connectivity index (χ0) is 20.6. The van der Waals surface area contributed by atoms with E-state index in [1.54, 1.807) is 18.2 Å². The lowest BCUT2D eigenvalue weighted by molar-refractivity contribution is -0.145. The van der Waals surface area contributed by atoms with E-state index in [-0.39, 0.29) is 36.4 Å². The molecule has 3 fully saturated rings. The third kappa shape index (κ3) is 4.06. The van der Waals surface area contributed by atoms with Gasteiger partial charge in [0.15, 0.2) is 0 Å². The third-order valence-electron chi connectivity index (χ3n) is 6.30. The minimum absolute atomic E-state index is 0.0700. The molecule has 3 heterocycles. The minimum Gasteiger partial charge on any atom is -0.389 e. The first kappa shape index (κ1) is 20.7. The molecular weight excluding hydrogens is 394 g/mol. The molecule has 0 spiro atoms. The van der Waals surface area contributed by atoms with Gasteiger partial charge in [-0.1, -0.05) is 18.2 Å². The second kappa shape index (κ2) is 7.96. The first-order valence-corrected chi connectivity index (χ1v) is 11.7. The maximum atomic E-state index is 12.8. The zero-order valence-electron chi connectivity index (χ0n) is 16.5. The fourth-order valence-electron chi connectivity index (χ4n) is 4.53. The van der Waals surface area contributed by atoms with E-state index >= 15 is 0 Å². The molecule has 1 amide bonds. The molecule has 1 aromatic carbocycles. The van der Waals surface area contributed by atoms with Crippen LogP contribution in [0.25, 0.3) is 0 Å². The summed E-state index contributed by atoms with van der Waals surface area (Å²) in [7, 11) is -3.77. The van der Waals surface area contributed by atoms with Crippen LogP contribution >= 0.6 is 0 Å². The van der Waals surface area contributed by atoms with Gasteiger partial charge in [0.25, 0.3) is 0 Å². The fourth-order valence-corrected chi connectivity index (χ4v) is 6.06. The van der Waals surface area contributed by atoms with Gasteiger partial charge in [0.2, 0.25) is 15.9 Å². The van der Waals surface area contributed by atoms with Gasteiger partial charge in [0, 0.05) is 45.8 Å². The standard InChI is InChI=1S/C20H29N3O5S/c24-18-13-23(29(27,28)17-7-3-1-4-8-17)15-20(18,26)14-21-11-16(12-21)19(25)22-9-5-2-6-10-22/h1,3-4,7-8,16,18,24,26H,2,5-6,9-15H2/t18-,20+/m1/s1. The van der Waals surface area contributed by atoms with E-state index in [4.69, 9.17) is 0 Å². The van der Waals surface area contributed by atoms with Crippen molar-refractivity contribution < 1.29 is 23.4 Å². The quantitative estimate of drug-likeness (QED) is 0.676. The SMILES string of the molecule is O=C(C1CN(C[C@]2(O)CN(S(=O)(=O)c3ccccc3)C[C@H]2O)C1)N1CCCCC1. The largest absolute Gasteiger partial charge is 0.389 e. The second-order valence-corrected chi connectivity index (χ2v) is 10.4. The number of rotatable bonds is 5. The maximum Gasteiger partial charge on any atom is 0.243 e. The number of carbonyl (C=O) groups excluding carboxylic acids is 1. The number of hydrogen-bond acceptors (Lipinski definition) is 6. The lowest BCUT2D eigenvalue weighted by Crippen LogP contribution is -2.61. The first-order valence-electron chi connectivity index (χ1n) is 10.3. The summed E-state index contributed by atoms with van der Waals surface area (Å²) >= 11 is 0. The molecule has 0 unspecified atom stereocenters. The molecule has 0 saturated carbocycles.